The minimum atomic E-state index is 0.401. The molecule has 0 aliphatic carbocycles. The molecule has 0 saturated heterocycles. The predicted molar refractivity (Wildman–Crippen MR) is 97.0 cm³/mol. The zero-order valence-electron chi connectivity index (χ0n) is 12.6. The molecule has 0 aromatic carbocycles. The molecule has 8 nitrogen and oxygen atoms in total. The molecule has 2 rings (SSSR count). The molecule has 10 heteroatoms. The Morgan fingerprint density at radius 2 is 0.957 bits per heavy atom. The highest BCUT2D eigenvalue weighted by atomic mass is 32.2. The zero-order chi connectivity index (χ0) is 16.7. The Hall–Kier alpha value is -1.94. The second kappa shape index (κ2) is 8.63. The number of nitrogen functional groups attached to an aromatic ring is 4. The molecule has 124 valence electrons. The summed E-state index contributed by atoms with van der Waals surface area (Å²) in [6, 6.07) is 3.10. The quantitative estimate of drug-likeness (QED) is 0.313. The highest BCUT2D eigenvalue weighted by Crippen LogP contribution is 2.20. The lowest BCUT2D eigenvalue weighted by Crippen LogP contribution is -2.00. The molecule has 2 heterocycles. The highest BCUT2D eigenvalue weighted by molar-refractivity contribution is 7.99. The first-order valence-corrected chi connectivity index (χ1v) is 9.06. The lowest BCUT2D eigenvalue weighted by atomic mass is 10.3. The lowest BCUT2D eigenvalue weighted by Gasteiger charge is -2.04. The van der Waals surface area contributed by atoms with Crippen LogP contribution in [0.4, 0.5) is 23.3 Å². The molecule has 2 aromatic rings. The summed E-state index contributed by atoms with van der Waals surface area (Å²) in [5.41, 5.74) is 22.5. The van der Waals surface area contributed by atoms with Gasteiger partial charge in [0, 0.05) is 23.6 Å². The number of unbranched alkanes of at least 4 members (excludes halogenated alkanes) is 2. The Labute approximate surface area is 143 Å². The Bertz CT molecular complexity index is 556. The summed E-state index contributed by atoms with van der Waals surface area (Å²) < 4.78 is 0. The molecule has 23 heavy (non-hydrogen) atoms. The number of nitrogens with zero attached hydrogens (tertiary/aromatic N) is 4. The van der Waals surface area contributed by atoms with Crippen LogP contribution in [0.15, 0.2) is 22.4 Å². The van der Waals surface area contributed by atoms with E-state index in [1.807, 2.05) is 0 Å². The van der Waals surface area contributed by atoms with Crippen LogP contribution in [0.25, 0.3) is 0 Å². The van der Waals surface area contributed by atoms with Gasteiger partial charge in [-0.15, -0.1) is 0 Å². The van der Waals surface area contributed by atoms with Crippen molar-refractivity contribution in [3.8, 4) is 0 Å². The molecular formula is C13H20N8S2. The average molecular weight is 352 g/mol. The highest BCUT2D eigenvalue weighted by Gasteiger charge is 2.03. The first kappa shape index (κ1) is 17.4. The third-order valence-corrected chi connectivity index (χ3v) is 4.61. The van der Waals surface area contributed by atoms with E-state index in [4.69, 9.17) is 22.9 Å². The summed E-state index contributed by atoms with van der Waals surface area (Å²) in [7, 11) is 0. The van der Waals surface area contributed by atoms with Gasteiger partial charge in [0.05, 0.1) is 0 Å². The van der Waals surface area contributed by atoms with Gasteiger partial charge in [0.1, 0.15) is 23.3 Å². The normalized spacial score (nSPS) is 10.8. The van der Waals surface area contributed by atoms with Crippen LogP contribution in [0.5, 0.6) is 0 Å². The van der Waals surface area contributed by atoms with Gasteiger partial charge >= 0.3 is 0 Å². The summed E-state index contributed by atoms with van der Waals surface area (Å²) in [5, 5.41) is 1.25. The van der Waals surface area contributed by atoms with Crippen molar-refractivity contribution in [1.82, 2.24) is 19.9 Å². The first-order valence-electron chi connectivity index (χ1n) is 7.08. The van der Waals surface area contributed by atoms with Crippen LogP contribution in [-0.2, 0) is 0 Å². The number of rotatable bonds is 8. The summed E-state index contributed by atoms with van der Waals surface area (Å²) in [5.74, 6) is 3.45. The number of hydrogen-bond donors (Lipinski definition) is 4. The largest absolute Gasteiger partial charge is 0.383 e. The molecule has 0 aliphatic rings. The lowest BCUT2D eigenvalue weighted by molar-refractivity contribution is 0.782. The van der Waals surface area contributed by atoms with Crippen molar-refractivity contribution in [2.45, 2.75) is 29.6 Å². The summed E-state index contributed by atoms with van der Waals surface area (Å²) >= 11 is 3.12. The van der Waals surface area contributed by atoms with E-state index in [0.717, 1.165) is 30.8 Å². The third kappa shape index (κ3) is 6.37. The maximum Gasteiger partial charge on any atom is 0.191 e. The van der Waals surface area contributed by atoms with Crippen molar-refractivity contribution in [2.75, 3.05) is 34.4 Å². The molecule has 8 N–H and O–H groups in total. The molecule has 0 fully saturated rings. The molecule has 0 bridgehead atoms. The van der Waals surface area contributed by atoms with Crippen LogP contribution in [-0.4, -0.2) is 31.4 Å². The number of hydrogen-bond acceptors (Lipinski definition) is 10. The maximum atomic E-state index is 5.63. The zero-order valence-corrected chi connectivity index (χ0v) is 14.2. The van der Waals surface area contributed by atoms with E-state index < -0.39 is 0 Å². The van der Waals surface area contributed by atoms with E-state index in [2.05, 4.69) is 19.9 Å². The van der Waals surface area contributed by atoms with Gasteiger partial charge in [0.15, 0.2) is 10.3 Å². The van der Waals surface area contributed by atoms with Gasteiger partial charge in [0.25, 0.3) is 0 Å². The van der Waals surface area contributed by atoms with Gasteiger partial charge in [-0.3, -0.25) is 0 Å². The van der Waals surface area contributed by atoms with Gasteiger partial charge in [-0.05, 0) is 12.8 Å². The Morgan fingerprint density at radius 1 is 0.609 bits per heavy atom. The molecule has 0 radical (unpaired) electrons. The smallest absolute Gasteiger partial charge is 0.191 e. The van der Waals surface area contributed by atoms with Crippen LogP contribution < -0.4 is 22.9 Å². The summed E-state index contributed by atoms with van der Waals surface area (Å²) in [6.07, 6.45) is 3.21. The van der Waals surface area contributed by atoms with Crippen LogP contribution >= 0.6 is 23.5 Å². The second-order valence-corrected chi connectivity index (χ2v) is 6.88. The van der Waals surface area contributed by atoms with E-state index in [1.54, 1.807) is 35.7 Å². The van der Waals surface area contributed by atoms with Crippen molar-refractivity contribution in [3.05, 3.63) is 12.1 Å². The standard InChI is InChI=1S/C13H20N8S2/c14-8-6-9(15)19-12(18-8)22-4-2-1-3-5-23-13-20-10(16)7-11(17)21-13/h6-7H,1-5H2,(H4,14,15,18,19)(H4,16,17,20,21). The molecule has 0 aliphatic heterocycles. The van der Waals surface area contributed by atoms with Crippen LogP contribution in [0.2, 0.25) is 0 Å². The topological polar surface area (TPSA) is 156 Å². The van der Waals surface area contributed by atoms with Crippen molar-refractivity contribution in [1.29, 1.82) is 0 Å². The average Bonchev–Trinajstić information content (AvgIpc) is 2.44. The molecule has 0 atom stereocenters. The fraction of sp³-hybridized carbons (Fsp3) is 0.385. The minimum absolute atomic E-state index is 0.401. The predicted octanol–water partition coefficient (Wildman–Crippen LogP) is 1.65. The van der Waals surface area contributed by atoms with Crippen molar-refractivity contribution in [3.63, 3.8) is 0 Å². The minimum Gasteiger partial charge on any atom is -0.383 e. The monoisotopic (exact) mass is 352 g/mol. The van der Waals surface area contributed by atoms with Crippen molar-refractivity contribution in [2.24, 2.45) is 0 Å². The molecule has 0 saturated carbocycles. The number of nitrogens with two attached hydrogens (primary N) is 4. The van der Waals surface area contributed by atoms with Gasteiger partial charge < -0.3 is 22.9 Å². The Balaban J connectivity index is 1.60. The third-order valence-electron chi connectivity index (χ3n) is 2.74. The molecule has 0 amide bonds. The maximum absolute atomic E-state index is 5.63. The number of aromatic nitrogens is 4. The van der Waals surface area contributed by atoms with E-state index in [0.29, 0.717) is 33.6 Å². The van der Waals surface area contributed by atoms with Gasteiger partial charge in [-0.1, -0.05) is 29.9 Å². The van der Waals surface area contributed by atoms with E-state index in [-0.39, 0.29) is 0 Å². The van der Waals surface area contributed by atoms with E-state index in [1.165, 1.54) is 0 Å². The first-order chi connectivity index (χ1) is 11.0. The summed E-state index contributed by atoms with van der Waals surface area (Å²) in [4.78, 5) is 16.5. The Kier molecular flexibility index (Phi) is 6.53. The van der Waals surface area contributed by atoms with E-state index in [9.17, 15) is 0 Å². The van der Waals surface area contributed by atoms with Gasteiger partial charge in [0.2, 0.25) is 0 Å². The van der Waals surface area contributed by atoms with Crippen LogP contribution in [0, 0.1) is 0 Å². The fourth-order valence-electron chi connectivity index (χ4n) is 1.76. The molecule has 2 aromatic heterocycles. The van der Waals surface area contributed by atoms with Gasteiger partial charge in [-0.25, -0.2) is 19.9 Å². The second-order valence-electron chi connectivity index (χ2n) is 4.76. The van der Waals surface area contributed by atoms with Crippen molar-refractivity contribution < 1.29 is 0 Å². The Morgan fingerprint density at radius 3 is 1.30 bits per heavy atom. The number of anilines is 4. The number of thioether (sulfide) groups is 2. The molecule has 0 spiro atoms. The molecule has 0 unspecified atom stereocenters. The summed E-state index contributed by atoms with van der Waals surface area (Å²) in [6.45, 7) is 0. The van der Waals surface area contributed by atoms with Gasteiger partial charge in [-0.2, -0.15) is 0 Å². The van der Waals surface area contributed by atoms with Crippen LogP contribution in [0.1, 0.15) is 19.3 Å². The van der Waals surface area contributed by atoms with Crippen molar-refractivity contribution >= 4 is 46.8 Å². The van der Waals surface area contributed by atoms with Crippen LogP contribution in [0.3, 0.4) is 0 Å². The fourth-order valence-corrected chi connectivity index (χ4v) is 3.50. The molecular weight excluding hydrogens is 332 g/mol. The SMILES string of the molecule is Nc1cc(N)nc(SCCCCCSc2nc(N)cc(N)n2)n1. The van der Waals surface area contributed by atoms with E-state index >= 15 is 0 Å².